The van der Waals surface area contributed by atoms with Crippen LogP contribution < -0.4 is 0 Å². The number of oxazole rings is 1. The van der Waals surface area contributed by atoms with Gasteiger partial charge in [-0.1, -0.05) is 121 Å². The van der Waals surface area contributed by atoms with Crippen LogP contribution in [0.3, 0.4) is 0 Å². The van der Waals surface area contributed by atoms with Gasteiger partial charge in [0.25, 0.3) is 0 Å². The molecule has 0 N–H and O–H groups in total. The molecule has 0 fully saturated rings. The Morgan fingerprint density at radius 1 is 0.370 bits per heavy atom. The van der Waals surface area contributed by atoms with Gasteiger partial charge in [0.05, 0.1) is 5.56 Å². The predicted molar refractivity (Wildman–Crippen MR) is 182 cm³/mol. The molecule has 46 heavy (non-hydrogen) atoms. The second-order valence-electron chi connectivity index (χ2n) is 11.1. The number of hydrogen-bond acceptors (Lipinski definition) is 6. The van der Waals surface area contributed by atoms with Gasteiger partial charge in [0, 0.05) is 27.5 Å². The number of benzene rings is 6. The minimum atomic E-state index is 0.460. The lowest BCUT2D eigenvalue weighted by atomic mass is 10.0. The number of fused-ring (bicyclic) bond motifs is 4. The molecule has 0 saturated heterocycles. The Morgan fingerprint density at radius 2 is 0.891 bits per heavy atom. The molecule has 216 valence electrons. The van der Waals surface area contributed by atoms with Crippen molar-refractivity contribution >= 4 is 33.0 Å². The molecule has 0 atom stereocenters. The lowest BCUT2D eigenvalue weighted by Gasteiger charge is -2.09. The van der Waals surface area contributed by atoms with Gasteiger partial charge in [-0.25, -0.2) is 19.9 Å². The van der Waals surface area contributed by atoms with Gasteiger partial charge in [-0.15, -0.1) is 0 Å². The fourth-order valence-electron chi connectivity index (χ4n) is 5.93. The molecule has 3 aromatic heterocycles. The van der Waals surface area contributed by atoms with Crippen molar-refractivity contribution in [3.05, 3.63) is 146 Å². The lowest BCUT2D eigenvalue weighted by Crippen LogP contribution is -2.00. The highest BCUT2D eigenvalue weighted by Crippen LogP contribution is 2.42. The maximum atomic E-state index is 6.53. The zero-order valence-corrected chi connectivity index (χ0v) is 24.5. The van der Waals surface area contributed by atoms with Crippen molar-refractivity contribution in [2.24, 2.45) is 0 Å². The lowest BCUT2D eigenvalue weighted by molar-refractivity contribution is 0.620. The van der Waals surface area contributed by atoms with Crippen LogP contribution in [0.15, 0.2) is 154 Å². The average molecular weight is 593 g/mol. The second kappa shape index (κ2) is 10.6. The van der Waals surface area contributed by atoms with Crippen molar-refractivity contribution in [1.29, 1.82) is 0 Å². The van der Waals surface area contributed by atoms with Crippen LogP contribution in [0.25, 0.3) is 89.8 Å². The van der Waals surface area contributed by atoms with E-state index in [4.69, 9.17) is 28.8 Å². The van der Waals surface area contributed by atoms with E-state index in [1.165, 1.54) is 0 Å². The zero-order valence-electron chi connectivity index (χ0n) is 24.5. The normalized spacial score (nSPS) is 11.5. The molecule has 0 spiro atoms. The summed E-state index contributed by atoms with van der Waals surface area (Å²) in [5.41, 5.74) is 8.24. The minimum absolute atomic E-state index is 0.460. The van der Waals surface area contributed by atoms with Gasteiger partial charge in [0.2, 0.25) is 5.89 Å². The summed E-state index contributed by atoms with van der Waals surface area (Å²) in [5.74, 6) is 2.09. The zero-order chi connectivity index (χ0) is 30.5. The van der Waals surface area contributed by atoms with Gasteiger partial charge in [-0.2, -0.15) is 0 Å². The molecule has 6 heteroatoms. The summed E-state index contributed by atoms with van der Waals surface area (Å²) in [4.78, 5) is 20.0. The highest BCUT2D eigenvalue weighted by molar-refractivity contribution is 6.16. The van der Waals surface area contributed by atoms with Gasteiger partial charge in [0.15, 0.2) is 23.1 Å². The molecule has 0 aliphatic heterocycles. The van der Waals surface area contributed by atoms with Gasteiger partial charge in [-0.05, 0) is 35.4 Å². The summed E-state index contributed by atoms with van der Waals surface area (Å²) in [6.45, 7) is 0. The van der Waals surface area contributed by atoms with E-state index in [9.17, 15) is 0 Å². The van der Waals surface area contributed by atoms with Gasteiger partial charge >= 0.3 is 0 Å². The Labute approximate surface area is 263 Å². The molecule has 0 radical (unpaired) electrons. The van der Waals surface area contributed by atoms with Gasteiger partial charge in [-0.3, -0.25) is 0 Å². The van der Waals surface area contributed by atoms with Crippen LogP contribution in [0.1, 0.15) is 0 Å². The highest BCUT2D eigenvalue weighted by atomic mass is 16.4. The first-order valence-corrected chi connectivity index (χ1v) is 15.1. The Balaban J connectivity index is 1.30. The monoisotopic (exact) mass is 592 g/mol. The standard InChI is InChI=1S/C40H24N4O2/c1-4-12-25(13-5-1)26-20-22-29(23-21-26)40-41-35-33(46-40)24-31-30-18-10-11-19-32(30)45-36(31)34(35)39-43-37(27-14-6-2-7-15-27)42-38(44-39)28-16-8-3-9-17-28/h1-24H. The SMILES string of the molecule is c1ccc(-c2ccc(-c3nc4c(-c5nc(-c6ccccc6)nc(-c6ccccc6)n5)c5oc6ccccc6c5cc4o3)cc2)cc1. The quantitative estimate of drug-likeness (QED) is 0.198. The average Bonchev–Trinajstić information content (AvgIpc) is 3.73. The van der Waals surface area contributed by atoms with Crippen molar-refractivity contribution in [3.63, 3.8) is 0 Å². The molecule has 0 aliphatic carbocycles. The Morgan fingerprint density at radius 3 is 1.54 bits per heavy atom. The first-order chi connectivity index (χ1) is 22.8. The highest BCUT2D eigenvalue weighted by Gasteiger charge is 2.24. The second-order valence-corrected chi connectivity index (χ2v) is 11.1. The third-order valence-corrected chi connectivity index (χ3v) is 8.19. The van der Waals surface area contributed by atoms with Crippen LogP contribution in [0.2, 0.25) is 0 Å². The first-order valence-electron chi connectivity index (χ1n) is 15.1. The number of nitrogens with zero attached hydrogens (tertiary/aromatic N) is 4. The Hall–Kier alpha value is -6.40. The van der Waals surface area contributed by atoms with Crippen molar-refractivity contribution in [2.75, 3.05) is 0 Å². The third-order valence-electron chi connectivity index (χ3n) is 8.19. The first kappa shape index (κ1) is 26.0. The van der Waals surface area contributed by atoms with Crippen LogP contribution in [0.5, 0.6) is 0 Å². The van der Waals surface area contributed by atoms with Crippen LogP contribution in [-0.4, -0.2) is 19.9 Å². The number of furan rings is 1. The van der Waals surface area contributed by atoms with Crippen molar-refractivity contribution in [1.82, 2.24) is 19.9 Å². The fourth-order valence-corrected chi connectivity index (χ4v) is 5.93. The van der Waals surface area contributed by atoms with Crippen LogP contribution in [-0.2, 0) is 0 Å². The summed E-state index contributed by atoms with van der Waals surface area (Å²) in [6, 6.07) is 48.4. The van der Waals surface area contributed by atoms with Crippen LogP contribution >= 0.6 is 0 Å². The smallest absolute Gasteiger partial charge is 0.227 e. The number of hydrogen-bond donors (Lipinski definition) is 0. The van der Waals surface area contributed by atoms with E-state index in [-0.39, 0.29) is 0 Å². The van der Waals surface area contributed by atoms with E-state index in [0.29, 0.717) is 45.6 Å². The van der Waals surface area contributed by atoms with E-state index < -0.39 is 0 Å². The number of aromatic nitrogens is 4. The van der Waals surface area contributed by atoms with E-state index in [0.717, 1.165) is 44.2 Å². The summed E-state index contributed by atoms with van der Waals surface area (Å²) in [5, 5.41) is 1.88. The topological polar surface area (TPSA) is 77.8 Å². The number of para-hydroxylation sites is 1. The van der Waals surface area contributed by atoms with E-state index in [2.05, 4.69) is 30.3 Å². The predicted octanol–water partition coefficient (Wildman–Crippen LogP) is 10.2. The molecule has 0 amide bonds. The molecule has 0 unspecified atom stereocenters. The van der Waals surface area contributed by atoms with Crippen molar-refractivity contribution in [3.8, 4) is 56.7 Å². The number of rotatable bonds is 5. The summed E-state index contributed by atoms with van der Waals surface area (Å²) >= 11 is 0. The summed E-state index contributed by atoms with van der Waals surface area (Å²) in [7, 11) is 0. The van der Waals surface area contributed by atoms with E-state index in [1.807, 2.05) is 115 Å². The maximum absolute atomic E-state index is 6.53. The Bertz CT molecular complexity index is 2450. The molecule has 0 aliphatic rings. The fraction of sp³-hybridized carbons (Fsp3) is 0. The molecule has 9 aromatic rings. The summed E-state index contributed by atoms with van der Waals surface area (Å²) < 4.78 is 13.0. The molecule has 0 bridgehead atoms. The minimum Gasteiger partial charge on any atom is -0.455 e. The van der Waals surface area contributed by atoms with E-state index in [1.54, 1.807) is 0 Å². The maximum Gasteiger partial charge on any atom is 0.227 e. The largest absolute Gasteiger partial charge is 0.455 e. The van der Waals surface area contributed by atoms with Crippen molar-refractivity contribution < 1.29 is 8.83 Å². The summed E-state index contributed by atoms with van der Waals surface area (Å²) in [6.07, 6.45) is 0. The molecular formula is C40H24N4O2. The van der Waals surface area contributed by atoms with Crippen molar-refractivity contribution in [2.45, 2.75) is 0 Å². The molecule has 6 aromatic carbocycles. The molecule has 0 saturated carbocycles. The van der Waals surface area contributed by atoms with Crippen LogP contribution in [0, 0.1) is 0 Å². The Kier molecular flexibility index (Phi) is 6.03. The van der Waals surface area contributed by atoms with Gasteiger partial charge in [0.1, 0.15) is 16.7 Å². The van der Waals surface area contributed by atoms with E-state index >= 15 is 0 Å². The van der Waals surface area contributed by atoms with Gasteiger partial charge < -0.3 is 8.83 Å². The van der Waals surface area contributed by atoms with Crippen LogP contribution in [0.4, 0.5) is 0 Å². The molecule has 9 rings (SSSR count). The third kappa shape index (κ3) is 4.43. The molecule has 6 nitrogen and oxygen atoms in total. The molecular weight excluding hydrogens is 568 g/mol. The molecule has 3 heterocycles.